The Balaban J connectivity index is 1.71. The first-order valence-corrected chi connectivity index (χ1v) is 7.48. The third-order valence-electron chi connectivity index (χ3n) is 4.29. The molecule has 0 spiro atoms. The van der Waals surface area contributed by atoms with Crippen LogP contribution in [0, 0.1) is 5.92 Å². The number of nitrogens with one attached hydrogen (secondary N) is 1. The molecule has 0 aromatic heterocycles. The Morgan fingerprint density at radius 2 is 1.95 bits per heavy atom. The minimum Gasteiger partial charge on any atom is -0.353 e. The van der Waals surface area contributed by atoms with E-state index in [1.807, 2.05) is 18.2 Å². The van der Waals surface area contributed by atoms with E-state index < -0.39 is 0 Å². The molecule has 1 fully saturated rings. The van der Waals surface area contributed by atoms with Crippen LogP contribution in [-0.2, 0) is 11.2 Å². The molecule has 2 nitrogen and oxygen atoms in total. The third kappa shape index (κ3) is 2.84. The number of carbonyl (C=O) groups is 1. The fourth-order valence-electron chi connectivity index (χ4n) is 3.24. The van der Waals surface area contributed by atoms with Gasteiger partial charge in [0.1, 0.15) is 0 Å². The summed E-state index contributed by atoms with van der Waals surface area (Å²) in [7, 11) is 0. The van der Waals surface area contributed by atoms with Crippen LogP contribution in [0.3, 0.4) is 0 Å². The molecule has 0 bridgehead atoms. The van der Waals surface area contributed by atoms with Gasteiger partial charge in [-0.15, -0.1) is 0 Å². The Morgan fingerprint density at radius 3 is 2.75 bits per heavy atom. The van der Waals surface area contributed by atoms with Gasteiger partial charge in [0.15, 0.2) is 0 Å². The van der Waals surface area contributed by atoms with Crippen molar-refractivity contribution in [2.75, 3.05) is 0 Å². The summed E-state index contributed by atoms with van der Waals surface area (Å²) in [5, 5.41) is 5.57. The van der Waals surface area contributed by atoms with Crippen molar-refractivity contribution in [2.45, 2.75) is 38.6 Å². The van der Waals surface area contributed by atoms with E-state index in [-0.39, 0.29) is 5.91 Å². The van der Waals surface area contributed by atoms with Crippen molar-refractivity contribution >= 4 is 16.7 Å². The molecular weight excluding hydrogens is 246 g/mol. The van der Waals surface area contributed by atoms with Gasteiger partial charge >= 0.3 is 0 Å². The van der Waals surface area contributed by atoms with E-state index >= 15 is 0 Å². The molecule has 2 aromatic rings. The van der Waals surface area contributed by atoms with Crippen molar-refractivity contribution in [3.63, 3.8) is 0 Å². The molecule has 20 heavy (non-hydrogen) atoms. The van der Waals surface area contributed by atoms with Gasteiger partial charge in [0, 0.05) is 6.04 Å². The zero-order valence-corrected chi connectivity index (χ0v) is 11.9. The Morgan fingerprint density at radius 1 is 1.15 bits per heavy atom. The summed E-state index contributed by atoms with van der Waals surface area (Å²) in [5.74, 6) is 0.901. The van der Waals surface area contributed by atoms with Crippen molar-refractivity contribution in [2.24, 2.45) is 5.92 Å². The fourth-order valence-corrected chi connectivity index (χ4v) is 3.24. The van der Waals surface area contributed by atoms with E-state index in [4.69, 9.17) is 0 Å². The van der Waals surface area contributed by atoms with Crippen LogP contribution in [0.25, 0.3) is 10.8 Å². The van der Waals surface area contributed by atoms with E-state index in [0.29, 0.717) is 12.5 Å². The fraction of sp³-hybridized carbons (Fsp3) is 0.389. The zero-order chi connectivity index (χ0) is 13.9. The first-order chi connectivity index (χ1) is 9.72. The minimum absolute atomic E-state index is 0.153. The normalized spacial score (nSPS) is 22.1. The Bertz CT molecular complexity index is 614. The molecular formula is C18H21NO. The first-order valence-electron chi connectivity index (χ1n) is 7.48. The summed E-state index contributed by atoms with van der Waals surface area (Å²) in [4.78, 5) is 12.2. The highest BCUT2D eigenvalue weighted by Gasteiger charge is 2.22. The molecule has 2 unspecified atom stereocenters. The van der Waals surface area contributed by atoms with Crippen LogP contribution in [0.4, 0.5) is 0 Å². The number of amides is 1. The Kier molecular flexibility index (Phi) is 3.72. The number of hydrogen-bond donors (Lipinski definition) is 1. The highest BCUT2D eigenvalue weighted by atomic mass is 16.1. The molecule has 1 aliphatic rings. The summed E-state index contributed by atoms with van der Waals surface area (Å²) in [6.45, 7) is 2.26. The van der Waals surface area contributed by atoms with Gasteiger partial charge in [-0.1, -0.05) is 49.4 Å². The van der Waals surface area contributed by atoms with Gasteiger partial charge in [-0.25, -0.2) is 0 Å². The average Bonchev–Trinajstić information content (AvgIpc) is 2.84. The van der Waals surface area contributed by atoms with Crippen molar-refractivity contribution in [1.29, 1.82) is 0 Å². The molecule has 0 radical (unpaired) electrons. The van der Waals surface area contributed by atoms with E-state index in [1.165, 1.54) is 17.2 Å². The molecule has 1 amide bonds. The molecule has 2 atom stereocenters. The number of benzene rings is 2. The van der Waals surface area contributed by atoms with E-state index in [0.717, 1.165) is 24.3 Å². The summed E-state index contributed by atoms with van der Waals surface area (Å²) in [6, 6.07) is 14.8. The van der Waals surface area contributed by atoms with Gasteiger partial charge in [0.25, 0.3) is 0 Å². The highest BCUT2D eigenvalue weighted by molar-refractivity contribution is 5.90. The second-order valence-corrected chi connectivity index (χ2v) is 6.00. The number of hydrogen-bond acceptors (Lipinski definition) is 1. The van der Waals surface area contributed by atoms with Gasteiger partial charge < -0.3 is 5.32 Å². The molecule has 3 rings (SSSR count). The van der Waals surface area contributed by atoms with Crippen LogP contribution in [0.15, 0.2) is 42.5 Å². The van der Waals surface area contributed by atoms with Crippen LogP contribution in [0.2, 0.25) is 0 Å². The topological polar surface area (TPSA) is 29.1 Å². The summed E-state index contributed by atoms with van der Waals surface area (Å²) in [6.07, 6.45) is 3.97. The standard InChI is InChI=1S/C18H21NO/c1-13-9-10-16(11-13)19-18(20)12-15-7-4-6-14-5-2-3-8-17(14)15/h2-8,13,16H,9-12H2,1H3,(H,19,20). The monoisotopic (exact) mass is 267 g/mol. The second-order valence-electron chi connectivity index (χ2n) is 6.00. The quantitative estimate of drug-likeness (QED) is 0.903. The summed E-state index contributed by atoms with van der Waals surface area (Å²) in [5.41, 5.74) is 1.12. The maximum Gasteiger partial charge on any atom is 0.224 e. The molecule has 2 heteroatoms. The van der Waals surface area contributed by atoms with Gasteiger partial charge in [0.2, 0.25) is 5.91 Å². The van der Waals surface area contributed by atoms with Gasteiger partial charge in [-0.3, -0.25) is 4.79 Å². The smallest absolute Gasteiger partial charge is 0.224 e. The lowest BCUT2D eigenvalue weighted by molar-refractivity contribution is -0.121. The molecule has 104 valence electrons. The van der Waals surface area contributed by atoms with Crippen LogP contribution in [0.5, 0.6) is 0 Å². The zero-order valence-electron chi connectivity index (χ0n) is 11.9. The van der Waals surface area contributed by atoms with Crippen LogP contribution in [0.1, 0.15) is 31.7 Å². The van der Waals surface area contributed by atoms with E-state index in [2.05, 4.69) is 36.5 Å². The van der Waals surface area contributed by atoms with Crippen LogP contribution >= 0.6 is 0 Å². The van der Waals surface area contributed by atoms with Crippen molar-refractivity contribution in [3.05, 3.63) is 48.0 Å². The van der Waals surface area contributed by atoms with E-state index in [9.17, 15) is 4.79 Å². The van der Waals surface area contributed by atoms with Gasteiger partial charge in [0.05, 0.1) is 6.42 Å². The van der Waals surface area contributed by atoms with Crippen LogP contribution < -0.4 is 5.32 Å². The van der Waals surface area contributed by atoms with Gasteiger partial charge in [-0.05, 0) is 41.5 Å². The molecule has 1 aliphatic carbocycles. The molecule has 1 N–H and O–H groups in total. The average molecular weight is 267 g/mol. The SMILES string of the molecule is CC1CCC(NC(=O)Cc2cccc3ccccc23)C1. The van der Waals surface area contributed by atoms with Crippen molar-refractivity contribution in [1.82, 2.24) is 5.32 Å². The summed E-state index contributed by atoms with van der Waals surface area (Å²) >= 11 is 0. The molecule has 2 aromatic carbocycles. The lowest BCUT2D eigenvalue weighted by Crippen LogP contribution is -2.34. The lowest BCUT2D eigenvalue weighted by atomic mass is 10.0. The largest absolute Gasteiger partial charge is 0.353 e. The van der Waals surface area contributed by atoms with E-state index in [1.54, 1.807) is 0 Å². The predicted octanol–water partition coefficient (Wildman–Crippen LogP) is 3.69. The van der Waals surface area contributed by atoms with Crippen molar-refractivity contribution < 1.29 is 4.79 Å². The maximum absolute atomic E-state index is 12.2. The number of rotatable bonds is 3. The summed E-state index contributed by atoms with van der Waals surface area (Å²) < 4.78 is 0. The molecule has 0 saturated heterocycles. The number of fused-ring (bicyclic) bond motifs is 1. The van der Waals surface area contributed by atoms with Crippen molar-refractivity contribution in [3.8, 4) is 0 Å². The first kappa shape index (κ1) is 13.2. The highest BCUT2D eigenvalue weighted by Crippen LogP contribution is 2.25. The third-order valence-corrected chi connectivity index (χ3v) is 4.29. The minimum atomic E-state index is 0.153. The Labute approximate surface area is 120 Å². The number of carbonyl (C=O) groups excluding carboxylic acids is 1. The van der Waals surface area contributed by atoms with Crippen LogP contribution in [-0.4, -0.2) is 11.9 Å². The molecule has 0 heterocycles. The maximum atomic E-state index is 12.2. The molecule has 1 saturated carbocycles. The molecule has 0 aliphatic heterocycles. The Hall–Kier alpha value is -1.83. The lowest BCUT2D eigenvalue weighted by Gasteiger charge is -2.13. The second kappa shape index (κ2) is 5.66. The van der Waals surface area contributed by atoms with Gasteiger partial charge in [-0.2, -0.15) is 0 Å². The predicted molar refractivity (Wildman–Crippen MR) is 82.6 cm³/mol.